The number of quaternary nitrogens is 1. The molecule has 0 amide bonds. The van der Waals surface area contributed by atoms with Crippen LogP contribution in [-0.2, 0) is 19.1 Å². The van der Waals surface area contributed by atoms with Crippen molar-refractivity contribution < 1.29 is 28.5 Å². The molecule has 2 unspecified atom stereocenters. The maximum Gasteiger partial charge on any atom is 0.340 e. The van der Waals surface area contributed by atoms with Crippen molar-refractivity contribution in [3.05, 3.63) is 134 Å². The van der Waals surface area contributed by atoms with Crippen LogP contribution in [0.1, 0.15) is 48.8 Å². The molecule has 0 aliphatic carbocycles. The number of non-ortho nitro benzene ring substituents is 1. The van der Waals surface area contributed by atoms with Crippen molar-refractivity contribution in [2.24, 2.45) is 5.73 Å². The summed E-state index contributed by atoms with van der Waals surface area (Å²) in [5.41, 5.74) is 10.1. The highest BCUT2D eigenvalue weighted by atomic mass is 16.6. The maximum absolute atomic E-state index is 13.7. The minimum absolute atomic E-state index is 0.0126. The number of ether oxygens (including phenoxy) is 2. The molecule has 3 aromatic carbocycles. The fourth-order valence-electron chi connectivity index (χ4n) is 5.99. The Balaban J connectivity index is 1.89. The van der Waals surface area contributed by atoms with Gasteiger partial charge >= 0.3 is 11.9 Å². The predicted octanol–water partition coefficient (Wildman–Crippen LogP) is 5.58. The van der Waals surface area contributed by atoms with Gasteiger partial charge in [-0.15, -0.1) is 0 Å². The molecule has 2 N–H and O–H groups in total. The van der Waals surface area contributed by atoms with E-state index < -0.39 is 22.8 Å². The molecule has 2 atom stereocenters. The minimum atomic E-state index is -0.928. The van der Waals surface area contributed by atoms with Crippen molar-refractivity contribution in [2.75, 3.05) is 33.9 Å². The van der Waals surface area contributed by atoms with Crippen molar-refractivity contribution in [3.8, 4) is 0 Å². The normalized spacial score (nSPS) is 18.5. The van der Waals surface area contributed by atoms with Gasteiger partial charge in [0.05, 0.1) is 31.5 Å². The summed E-state index contributed by atoms with van der Waals surface area (Å²) in [5.74, 6) is -2.11. The van der Waals surface area contributed by atoms with Gasteiger partial charge in [0.1, 0.15) is 29.1 Å². The first kappa shape index (κ1) is 31.3. The van der Waals surface area contributed by atoms with E-state index in [0.29, 0.717) is 29.9 Å². The largest absolute Gasteiger partial charge is 0.465 e. The van der Waals surface area contributed by atoms with Crippen LogP contribution in [0, 0.1) is 10.1 Å². The molecule has 0 spiro atoms. The van der Waals surface area contributed by atoms with E-state index >= 15 is 0 Å². The number of esters is 2. The summed E-state index contributed by atoms with van der Waals surface area (Å²) in [6.07, 6.45) is 0.695. The van der Waals surface area contributed by atoms with Crippen LogP contribution in [0.4, 0.5) is 5.69 Å². The van der Waals surface area contributed by atoms with Crippen molar-refractivity contribution in [1.82, 2.24) is 0 Å². The number of hydrogen-bond donors (Lipinski definition) is 1. The lowest BCUT2D eigenvalue weighted by molar-refractivity contribution is -0.836. The molecular formula is C34H38N3O6+. The highest BCUT2D eigenvalue weighted by molar-refractivity contribution is 5.99. The SMILES string of the molecule is COC(=O)C1=C(C)[N+](C)(CCC(c2ccccc2)c2ccccc2)C(C)=C(C(=O)OCCN)C1c1cccc([N+](=O)[O-])c1. The molecule has 224 valence electrons. The smallest absolute Gasteiger partial charge is 0.340 e. The number of rotatable bonds is 11. The summed E-state index contributed by atoms with van der Waals surface area (Å²) in [7, 11) is 3.26. The highest BCUT2D eigenvalue weighted by Gasteiger charge is 2.48. The summed E-state index contributed by atoms with van der Waals surface area (Å²) < 4.78 is 11.0. The zero-order chi connectivity index (χ0) is 31.1. The van der Waals surface area contributed by atoms with Crippen LogP contribution in [0.25, 0.3) is 0 Å². The quantitative estimate of drug-likeness (QED) is 0.135. The molecule has 0 fully saturated rings. The second kappa shape index (κ2) is 13.6. The summed E-state index contributed by atoms with van der Waals surface area (Å²) >= 11 is 0. The zero-order valence-electron chi connectivity index (χ0n) is 25.0. The van der Waals surface area contributed by atoms with Gasteiger partial charge in [0.15, 0.2) is 0 Å². The Morgan fingerprint density at radius 2 is 1.47 bits per heavy atom. The van der Waals surface area contributed by atoms with E-state index in [-0.39, 0.29) is 40.4 Å². The average molecular weight is 585 g/mol. The molecule has 9 heteroatoms. The van der Waals surface area contributed by atoms with Crippen molar-refractivity contribution in [1.29, 1.82) is 0 Å². The van der Waals surface area contributed by atoms with Crippen molar-refractivity contribution in [2.45, 2.75) is 32.1 Å². The molecule has 43 heavy (non-hydrogen) atoms. The molecule has 0 saturated heterocycles. The Labute approximate surface area is 252 Å². The predicted molar refractivity (Wildman–Crippen MR) is 164 cm³/mol. The van der Waals surface area contributed by atoms with Crippen LogP contribution in [0.2, 0.25) is 0 Å². The molecule has 1 heterocycles. The molecule has 4 rings (SSSR count). The zero-order valence-corrected chi connectivity index (χ0v) is 25.0. The van der Waals surface area contributed by atoms with Gasteiger partial charge in [0.25, 0.3) is 5.69 Å². The van der Waals surface area contributed by atoms with Gasteiger partial charge in [-0.25, -0.2) is 9.59 Å². The van der Waals surface area contributed by atoms with Gasteiger partial charge in [0, 0.05) is 44.9 Å². The second-order valence-electron chi connectivity index (χ2n) is 10.8. The number of hydrogen-bond acceptors (Lipinski definition) is 7. The van der Waals surface area contributed by atoms with Gasteiger partial charge in [0.2, 0.25) is 0 Å². The topological polar surface area (TPSA) is 122 Å². The van der Waals surface area contributed by atoms with Gasteiger partial charge in [-0.05, 0) is 16.7 Å². The minimum Gasteiger partial charge on any atom is -0.465 e. The van der Waals surface area contributed by atoms with E-state index in [4.69, 9.17) is 15.2 Å². The molecule has 1 aliphatic rings. The van der Waals surface area contributed by atoms with Gasteiger partial charge in [-0.2, -0.15) is 0 Å². The molecule has 0 aromatic heterocycles. The average Bonchev–Trinajstić information content (AvgIpc) is 3.03. The van der Waals surface area contributed by atoms with Crippen molar-refractivity contribution in [3.63, 3.8) is 0 Å². The van der Waals surface area contributed by atoms with E-state index in [0.717, 1.165) is 11.1 Å². The summed E-state index contributed by atoms with van der Waals surface area (Å²) in [5, 5.41) is 11.7. The number of carbonyl (C=O) groups is 2. The summed E-state index contributed by atoms with van der Waals surface area (Å²) in [6.45, 7) is 4.38. The molecule has 0 saturated carbocycles. The first-order chi connectivity index (χ1) is 20.6. The molecule has 3 aromatic rings. The van der Waals surface area contributed by atoms with E-state index in [1.807, 2.05) is 57.3 Å². The third-order valence-corrected chi connectivity index (χ3v) is 8.50. The third-order valence-electron chi connectivity index (χ3n) is 8.50. The van der Waals surface area contributed by atoms with E-state index in [2.05, 4.69) is 24.3 Å². The van der Waals surface area contributed by atoms with E-state index in [9.17, 15) is 19.7 Å². The standard InChI is InChI=1S/C34H38N3O6/c1-23-30(33(38)42-4)32(27-16-11-17-28(22-27)36(40)41)31(34(39)43-21-19-35)24(2)37(23,3)20-18-29(25-12-7-5-8-13-25)26-14-9-6-10-15-26/h5-17,22,29,32H,18-21,35H2,1-4H3/q+1. The Morgan fingerprint density at radius 3 is 1.98 bits per heavy atom. The van der Waals surface area contributed by atoms with Gasteiger partial charge in [-0.1, -0.05) is 72.8 Å². The Morgan fingerprint density at radius 1 is 0.907 bits per heavy atom. The van der Waals surface area contributed by atoms with Crippen LogP contribution in [0.15, 0.2) is 107 Å². The van der Waals surface area contributed by atoms with Crippen LogP contribution >= 0.6 is 0 Å². The molecule has 1 aliphatic heterocycles. The third kappa shape index (κ3) is 6.43. The van der Waals surface area contributed by atoms with Crippen LogP contribution in [-0.4, -0.2) is 55.2 Å². The molecule has 0 bridgehead atoms. The molecule has 0 radical (unpaired) electrons. The first-order valence-electron chi connectivity index (χ1n) is 14.2. The van der Waals surface area contributed by atoms with Crippen LogP contribution in [0.3, 0.4) is 0 Å². The number of allylic oxidation sites excluding steroid dienone is 2. The van der Waals surface area contributed by atoms with Crippen LogP contribution < -0.4 is 5.73 Å². The number of carbonyl (C=O) groups excluding carboxylic acids is 2. The fourth-order valence-corrected chi connectivity index (χ4v) is 5.99. The van der Waals surface area contributed by atoms with Gasteiger partial charge in [-0.3, -0.25) is 14.6 Å². The lowest BCUT2D eigenvalue weighted by Gasteiger charge is -2.43. The number of nitrogens with two attached hydrogens (primary N) is 1. The summed E-state index contributed by atoms with van der Waals surface area (Å²) in [4.78, 5) is 38.4. The molecule has 9 nitrogen and oxygen atoms in total. The number of nitro groups is 1. The fraction of sp³-hybridized carbons (Fsp3) is 0.294. The Hall–Kier alpha value is -4.60. The Bertz CT molecular complexity index is 1510. The molecular weight excluding hydrogens is 546 g/mol. The number of nitro benzene ring substituents is 1. The van der Waals surface area contributed by atoms with E-state index in [1.165, 1.54) is 19.2 Å². The maximum atomic E-state index is 13.7. The number of nitrogens with zero attached hydrogens (tertiary/aromatic N) is 2. The number of methoxy groups -OCH3 is 1. The number of benzene rings is 3. The monoisotopic (exact) mass is 584 g/mol. The Kier molecular flexibility index (Phi) is 9.90. The highest BCUT2D eigenvalue weighted by Crippen LogP contribution is 2.47. The second-order valence-corrected chi connectivity index (χ2v) is 10.8. The van der Waals surface area contributed by atoms with Crippen molar-refractivity contribution >= 4 is 17.6 Å². The lowest BCUT2D eigenvalue weighted by atomic mass is 9.78. The van der Waals surface area contributed by atoms with E-state index in [1.54, 1.807) is 12.1 Å². The first-order valence-corrected chi connectivity index (χ1v) is 14.2. The van der Waals surface area contributed by atoms with Crippen LogP contribution in [0.5, 0.6) is 0 Å². The summed E-state index contributed by atoms with van der Waals surface area (Å²) in [6, 6.07) is 26.4. The lowest BCUT2D eigenvalue weighted by Crippen LogP contribution is -2.48. The van der Waals surface area contributed by atoms with Gasteiger partial charge < -0.3 is 15.2 Å².